The minimum Gasteiger partial charge on any atom is -0.502 e. The highest BCUT2D eigenvalue weighted by Gasteiger charge is 2.10. The van der Waals surface area contributed by atoms with Crippen molar-refractivity contribution in [2.75, 3.05) is 27.3 Å². The zero-order chi connectivity index (χ0) is 12.0. The minimum absolute atomic E-state index is 0.0209. The highest BCUT2D eigenvalue weighted by atomic mass is 16.5. The molecule has 4 N–H and O–H groups in total. The van der Waals surface area contributed by atoms with Crippen LogP contribution in [0, 0.1) is 0 Å². The summed E-state index contributed by atoms with van der Waals surface area (Å²) >= 11 is 0. The van der Waals surface area contributed by atoms with Crippen molar-refractivity contribution in [3.8, 4) is 17.2 Å². The van der Waals surface area contributed by atoms with E-state index in [0.29, 0.717) is 24.6 Å². The third kappa shape index (κ3) is 3.01. The Bertz CT molecular complexity index is 317. The van der Waals surface area contributed by atoms with E-state index < -0.39 is 0 Å². The average Bonchev–Trinajstić information content (AvgIpc) is 2.31. The van der Waals surface area contributed by atoms with Crippen LogP contribution in [0.4, 0.5) is 0 Å². The van der Waals surface area contributed by atoms with Gasteiger partial charge in [0.25, 0.3) is 0 Å². The highest BCUT2D eigenvalue weighted by molar-refractivity contribution is 5.52. The van der Waals surface area contributed by atoms with Crippen molar-refractivity contribution in [2.45, 2.75) is 6.54 Å². The SMILES string of the molecule is COc1cc(CNCCN)cc(OC)c1O. The fourth-order valence-corrected chi connectivity index (χ4v) is 1.38. The zero-order valence-corrected chi connectivity index (χ0v) is 9.62. The summed E-state index contributed by atoms with van der Waals surface area (Å²) in [7, 11) is 3.01. The molecule has 0 unspecified atom stereocenters. The van der Waals surface area contributed by atoms with Gasteiger partial charge in [0, 0.05) is 19.6 Å². The summed E-state index contributed by atoms with van der Waals surface area (Å²) in [6.45, 7) is 1.99. The van der Waals surface area contributed by atoms with E-state index in [0.717, 1.165) is 12.1 Å². The van der Waals surface area contributed by atoms with Crippen molar-refractivity contribution in [1.82, 2.24) is 5.32 Å². The van der Waals surface area contributed by atoms with Crippen molar-refractivity contribution >= 4 is 0 Å². The molecule has 16 heavy (non-hydrogen) atoms. The first-order valence-corrected chi connectivity index (χ1v) is 5.07. The molecule has 0 fully saturated rings. The first-order valence-electron chi connectivity index (χ1n) is 5.07. The lowest BCUT2D eigenvalue weighted by atomic mass is 10.2. The maximum atomic E-state index is 9.69. The van der Waals surface area contributed by atoms with Gasteiger partial charge in [0.1, 0.15) is 0 Å². The Morgan fingerprint density at radius 3 is 2.25 bits per heavy atom. The standard InChI is InChI=1S/C11H18N2O3/c1-15-9-5-8(7-13-4-3-12)6-10(16-2)11(9)14/h5-6,13-14H,3-4,7,12H2,1-2H3. The van der Waals surface area contributed by atoms with Gasteiger partial charge in [-0.25, -0.2) is 0 Å². The molecule has 0 bridgehead atoms. The van der Waals surface area contributed by atoms with Gasteiger partial charge in [-0.2, -0.15) is 0 Å². The van der Waals surface area contributed by atoms with Crippen LogP contribution >= 0.6 is 0 Å². The first-order chi connectivity index (χ1) is 7.72. The van der Waals surface area contributed by atoms with E-state index in [1.54, 1.807) is 12.1 Å². The van der Waals surface area contributed by atoms with Gasteiger partial charge in [-0.05, 0) is 17.7 Å². The molecule has 0 amide bonds. The molecule has 0 saturated heterocycles. The summed E-state index contributed by atoms with van der Waals surface area (Å²) in [6.07, 6.45) is 0. The summed E-state index contributed by atoms with van der Waals surface area (Å²) in [5, 5.41) is 12.9. The zero-order valence-electron chi connectivity index (χ0n) is 9.62. The largest absolute Gasteiger partial charge is 0.502 e. The number of nitrogens with two attached hydrogens (primary N) is 1. The van der Waals surface area contributed by atoms with E-state index in [-0.39, 0.29) is 5.75 Å². The Kier molecular flexibility index (Phi) is 4.88. The fourth-order valence-electron chi connectivity index (χ4n) is 1.38. The van der Waals surface area contributed by atoms with Crippen LogP contribution < -0.4 is 20.5 Å². The quantitative estimate of drug-likeness (QED) is 0.614. The van der Waals surface area contributed by atoms with Gasteiger partial charge in [0.05, 0.1) is 14.2 Å². The monoisotopic (exact) mass is 226 g/mol. The molecule has 0 saturated carbocycles. The molecule has 0 aromatic heterocycles. The molecule has 0 radical (unpaired) electrons. The molecular formula is C11H18N2O3. The maximum absolute atomic E-state index is 9.69. The van der Waals surface area contributed by atoms with Crippen molar-refractivity contribution in [3.05, 3.63) is 17.7 Å². The molecule has 0 aliphatic carbocycles. The molecule has 0 aliphatic heterocycles. The second-order valence-corrected chi connectivity index (χ2v) is 3.31. The number of phenolic OH excluding ortho intramolecular Hbond substituents is 1. The number of hydrogen-bond acceptors (Lipinski definition) is 5. The first kappa shape index (κ1) is 12.6. The van der Waals surface area contributed by atoms with Crippen LogP contribution in [0.25, 0.3) is 0 Å². The van der Waals surface area contributed by atoms with Crippen LogP contribution in [0.15, 0.2) is 12.1 Å². The van der Waals surface area contributed by atoms with Crippen molar-refractivity contribution in [3.63, 3.8) is 0 Å². The Labute approximate surface area is 95.2 Å². The third-order valence-electron chi connectivity index (χ3n) is 2.19. The molecular weight excluding hydrogens is 208 g/mol. The van der Waals surface area contributed by atoms with Crippen LogP contribution in [0.3, 0.4) is 0 Å². The third-order valence-corrected chi connectivity index (χ3v) is 2.19. The van der Waals surface area contributed by atoms with E-state index >= 15 is 0 Å². The number of ether oxygens (including phenoxy) is 2. The molecule has 5 heteroatoms. The van der Waals surface area contributed by atoms with E-state index in [4.69, 9.17) is 15.2 Å². The van der Waals surface area contributed by atoms with E-state index in [1.165, 1.54) is 14.2 Å². The van der Waals surface area contributed by atoms with Gasteiger partial charge in [0.15, 0.2) is 11.5 Å². The number of rotatable bonds is 6. The van der Waals surface area contributed by atoms with Crippen molar-refractivity contribution in [2.24, 2.45) is 5.73 Å². The predicted molar refractivity (Wildman–Crippen MR) is 62.0 cm³/mol. The van der Waals surface area contributed by atoms with Crippen molar-refractivity contribution in [1.29, 1.82) is 0 Å². The van der Waals surface area contributed by atoms with E-state index in [9.17, 15) is 5.11 Å². The summed E-state index contributed by atoms with van der Waals surface area (Å²) < 4.78 is 10.1. The number of nitrogens with one attached hydrogen (secondary N) is 1. The van der Waals surface area contributed by atoms with Crippen LogP contribution in [-0.4, -0.2) is 32.4 Å². The van der Waals surface area contributed by atoms with E-state index in [1.807, 2.05) is 0 Å². The lowest BCUT2D eigenvalue weighted by molar-refractivity contribution is 0.339. The van der Waals surface area contributed by atoms with Crippen LogP contribution in [0.5, 0.6) is 17.2 Å². The molecule has 1 aromatic carbocycles. The molecule has 90 valence electrons. The van der Waals surface area contributed by atoms with Gasteiger partial charge in [-0.3, -0.25) is 0 Å². The smallest absolute Gasteiger partial charge is 0.200 e. The van der Waals surface area contributed by atoms with Crippen LogP contribution in [0.1, 0.15) is 5.56 Å². The molecule has 0 heterocycles. The number of benzene rings is 1. The van der Waals surface area contributed by atoms with Crippen molar-refractivity contribution < 1.29 is 14.6 Å². The lowest BCUT2D eigenvalue weighted by Crippen LogP contribution is -2.21. The van der Waals surface area contributed by atoms with Gasteiger partial charge in [-0.1, -0.05) is 0 Å². The number of methoxy groups -OCH3 is 2. The Hall–Kier alpha value is -1.46. The Balaban J connectivity index is 2.84. The van der Waals surface area contributed by atoms with Gasteiger partial charge in [-0.15, -0.1) is 0 Å². The number of hydrogen-bond donors (Lipinski definition) is 3. The van der Waals surface area contributed by atoms with Gasteiger partial charge in [0.2, 0.25) is 5.75 Å². The minimum atomic E-state index is 0.0209. The summed E-state index contributed by atoms with van der Waals surface area (Å²) in [5.41, 5.74) is 6.35. The van der Waals surface area contributed by atoms with Crippen LogP contribution in [-0.2, 0) is 6.54 Å². The van der Waals surface area contributed by atoms with E-state index in [2.05, 4.69) is 5.32 Å². The topological polar surface area (TPSA) is 76.7 Å². The number of phenols is 1. The average molecular weight is 226 g/mol. The molecule has 5 nitrogen and oxygen atoms in total. The second-order valence-electron chi connectivity index (χ2n) is 3.31. The summed E-state index contributed by atoms with van der Waals surface area (Å²) in [6, 6.07) is 3.53. The molecule has 1 aromatic rings. The molecule has 0 aliphatic rings. The van der Waals surface area contributed by atoms with Gasteiger partial charge >= 0.3 is 0 Å². The normalized spacial score (nSPS) is 10.2. The summed E-state index contributed by atoms with van der Waals surface area (Å²) in [4.78, 5) is 0. The second kappa shape index (κ2) is 6.19. The predicted octanol–water partition coefficient (Wildman–Crippen LogP) is 0.458. The molecule has 0 spiro atoms. The summed E-state index contributed by atoms with van der Waals surface area (Å²) in [5.74, 6) is 0.834. The molecule has 0 atom stereocenters. The molecule has 1 rings (SSSR count). The fraction of sp³-hybridized carbons (Fsp3) is 0.455. The van der Waals surface area contributed by atoms with Crippen LogP contribution in [0.2, 0.25) is 0 Å². The highest BCUT2D eigenvalue weighted by Crippen LogP contribution is 2.36. The Morgan fingerprint density at radius 2 is 1.81 bits per heavy atom. The Morgan fingerprint density at radius 1 is 1.25 bits per heavy atom. The van der Waals surface area contributed by atoms with Gasteiger partial charge < -0.3 is 25.6 Å². The lowest BCUT2D eigenvalue weighted by Gasteiger charge is -2.11. The number of aromatic hydroxyl groups is 1. The maximum Gasteiger partial charge on any atom is 0.200 e.